The van der Waals surface area contributed by atoms with E-state index in [-0.39, 0.29) is 17.9 Å². The number of piperazine rings is 1. The minimum absolute atomic E-state index is 0.0437. The molecule has 1 aliphatic rings. The van der Waals surface area contributed by atoms with Crippen molar-refractivity contribution in [3.05, 3.63) is 47.2 Å². The Morgan fingerprint density at radius 1 is 1.18 bits per heavy atom. The van der Waals surface area contributed by atoms with E-state index < -0.39 is 0 Å². The standard InChI is InChI=1S/C27H36N4O2/c1-18(2)21-7-9-22(10-8-21)24-15-23(16-28)27(29-26(24)19(3)4)30-12-13-31(20(5)17-30)25(32)11-14-33-6/h7-10,15,18-20H,11-14,17H2,1-6H3/t20-/m1/s1. The maximum absolute atomic E-state index is 12.5. The van der Waals surface area contributed by atoms with Crippen LogP contribution >= 0.6 is 0 Å². The molecule has 1 amide bonds. The number of pyridine rings is 1. The summed E-state index contributed by atoms with van der Waals surface area (Å²) in [5.41, 5.74) is 4.96. The summed E-state index contributed by atoms with van der Waals surface area (Å²) in [6.07, 6.45) is 0.393. The zero-order valence-electron chi connectivity index (χ0n) is 20.8. The minimum Gasteiger partial charge on any atom is -0.384 e. The molecule has 2 heterocycles. The molecule has 1 aromatic carbocycles. The largest absolute Gasteiger partial charge is 0.384 e. The van der Waals surface area contributed by atoms with Crippen molar-refractivity contribution in [2.75, 3.05) is 38.3 Å². The second kappa shape index (κ2) is 10.8. The zero-order chi connectivity index (χ0) is 24.1. The van der Waals surface area contributed by atoms with Gasteiger partial charge in [-0.05, 0) is 36.0 Å². The second-order valence-corrected chi connectivity index (χ2v) is 9.46. The van der Waals surface area contributed by atoms with Gasteiger partial charge in [-0.1, -0.05) is 52.0 Å². The Morgan fingerprint density at radius 3 is 2.42 bits per heavy atom. The Balaban J connectivity index is 1.92. The highest BCUT2D eigenvalue weighted by Gasteiger charge is 2.29. The topological polar surface area (TPSA) is 69.5 Å². The van der Waals surface area contributed by atoms with Crippen molar-refractivity contribution in [3.63, 3.8) is 0 Å². The first kappa shape index (κ1) is 24.7. The Kier molecular flexibility index (Phi) is 8.10. The van der Waals surface area contributed by atoms with Gasteiger partial charge in [-0.15, -0.1) is 0 Å². The molecule has 0 bridgehead atoms. The van der Waals surface area contributed by atoms with Crippen LogP contribution in [-0.2, 0) is 9.53 Å². The normalized spacial score (nSPS) is 16.4. The molecule has 0 unspecified atom stereocenters. The average Bonchev–Trinajstić information content (AvgIpc) is 2.81. The molecule has 0 aliphatic carbocycles. The van der Waals surface area contributed by atoms with Crippen LogP contribution in [-0.4, -0.2) is 55.2 Å². The summed E-state index contributed by atoms with van der Waals surface area (Å²) < 4.78 is 5.06. The molecular weight excluding hydrogens is 412 g/mol. The van der Waals surface area contributed by atoms with Gasteiger partial charge in [0.15, 0.2) is 0 Å². The van der Waals surface area contributed by atoms with E-state index in [1.165, 1.54) is 5.56 Å². The lowest BCUT2D eigenvalue weighted by molar-refractivity contribution is -0.134. The number of nitriles is 1. The Labute approximate surface area is 198 Å². The van der Waals surface area contributed by atoms with Crippen LogP contribution in [0.15, 0.2) is 30.3 Å². The van der Waals surface area contributed by atoms with Gasteiger partial charge in [0.25, 0.3) is 0 Å². The molecule has 1 atom stereocenters. The van der Waals surface area contributed by atoms with Crippen LogP contribution in [0, 0.1) is 11.3 Å². The number of carbonyl (C=O) groups excluding carboxylic acids is 1. The second-order valence-electron chi connectivity index (χ2n) is 9.46. The minimum atomic E-state index is 0.0437. The molecule has 3 rings (SSSR count). The molecule has 6 heteroatoms. The van der Waals surface area contributed by atoms with E-state index >= 15 is 0 Å². The molecule has 1 saturated heterocycles. The Bertz CT molecular complexity index is 1010. The number of rotatable bonds is 7. The third-order valence-electron chi connectivity index (χ3n) is 6.35. The molecule has 1 aromatic heterocycles. The van der Waals surface area contributed by atoms with E-state index in [9.17, 15) is 10.1 Å². The van der Waals surface area contributed by atoms with Gasteiger partial charge in [-0.3, -0.25) is 4.79 Å². The number of anilines is 1. The van der Waals surface area contributed by atoms with E-state index in [2.05, 4.69) is 69.9 Å². The number of aromatic nitrogens is 1. The molecule has 6 nitrogen and oxygen atoms in total. The molecule has 176 valence electrons. The van der Waals surface area contributed by atoms with Crippen LogP contribution < -0.4 is 4.90 Å². The molecule has 1 aliphatic heterocycles. The van der Waals surface area contributed by atoms with Crippen molar-refractivity contribution in [1.29, 1.82) is 5.26 Å². The van der Waals surface area contributed by atoms with Crippen LogP contribution in [0.5, 0.6) is 0 Å². The van der Waals surface area contributed by atoms with Crippen molar-refractivity contribution >= 4 is 11.7 Å². The quantitative estimate of drug-likeness (QED) is 0.600. The molecule has 0 N–H and O–H groups in total. The predicted molar refractivity (Wildman–Crippen MR) is 132 cm³/mol. The van der Waals surface area contributed by atoms with E-state index in [0.29, 0.717) is 44.1 Å². The van der Waals surface area contributed by atoms with Crippen molar-refractivity contribution in [2.24, 2.45) is 0 Å². The lowest BCUT2D eigenvalue weighted by Crippen LogP contribution is -2.54. The van der Waals surface area contributed by atoms with Crippen molar-refractivity contribution < 1.29 is 9.53 Å². The fourth-order valence-electron chi connectivity index (χ4n) is 4.41. The van der Waals surface area contributed by atoms with E-state index in [1.54, 1.807) is 7.11 Å². The fraction of sp³-hybridized carbons (Fsp3) is 0.519. The highest BCUT2D eigenvalue weighted by Crippen LogP contribution is 2.34. The molecule has 2 aromatic rings. The van der Waals surface area contributed by atoms with Crippen LogP contribution in [0.2, 0.25) is 0 Å². The molecule has 0 saturated carbocycles. The summed E-state index contributed by atoms with van der Waals surface area (Å²) in [4.78, 5) is 21.6. The van der Waals surface area contributed by atoms with Crippen LogP contribution in [0.4, 0.5) is 5.82 Å². The third-order valence-corrected chi connectivity index (χ3v) is 6.35. The number of benzene rings is 1. The van der Waals surface area contributed by atoms with Gasteiger partial charge in [0.2, 0.25) is 5.91 Å². The number of methoxy groups -OCH3 is 1. The average molecular weight is 449 g/mol. The summed E-state index contributed by atoms with van der Waals surface area (Å²) in [5, 5.41) is 9.97. The van der Waals surface area contributed by atoms with E-state index in [4.69, 9.17) is 9.72 Å². The van der Waals surface area contributed by atoms with Crippen molar-refractivity contribution in [3.8, 4) is 17.2 Å². The number of hydrogen-bond donors (Lipinski definition) is 0. The third kappa shape index (κ3) is 5.54. The molecular formula is C27H36N4O2. The van der Waals surface area contributed by atoms with Crippen molar-refractivity contribution in [1.82, 2.24) is 9.88 Å². The van der Waals surface area contributed by atoms with Gasteiger partial charge in [0, 0.05) is 38.3 Å². The van der Waals surface area contributed by atoms with Crippen LogP contribution in [0.1, 0.15) is 69.7 Å². The molecule has 33 heavy (non-hydrogen) atoms. The van der Waals surface area contributed by atoms with Gasteiger partial charge in [-0.2, -0.15) is 5.26 Å². The Hall–Kier alpha value is -2.91. The van der Waals surface area contributed by atoms with Gasteiger partial charge in [0.1, 0.15) is 11.9 Å². The maximum atomic E-state index is 12.5. The lowest BCUT2D eigenvalue weighted by Gasteiger charge is -2.41. The van der Waals surface area contributed by atoms with Gasteiger partial charge >= 0.3 is 0 Å². The summed E-state index contributed by atoms with van der Waals surface area (Å²) >= 11 is 0. The van der Waals surface area contributed by atoms with Crippen molar-refractivity contribution in [2.45, 2.75) is 58.9 Å². The smallest absolute Gasteiger partial charge is 0.225 e. The SMILES string of the molecule is COCCC(=O)N1CCN(c2nc(C(C)C)c(-c3ccc(C(C)C)cc3)cc2C#N)C[C@H]1C. The molecule has 1 fully saturated rings. The summed E-state index contributed by atoms with van der Waals surface area (Å²) in [5.74, 6) is 1.52. The monoisotopic (exact) mass is 448 g/mol. The van der Waals surface area contributed by atoms with E-state index in [0.717, 1.165) is 22.6 Å². The zero-order valence-corrected chi connectivity index (χ0v) is 20.8. The predicted octanol–water partition coefficient (Wildman–Crippen LogP) is 4.94. The first-order valence-electron chi connectivity index (χ1n) is 11.9. The van der Waals surface area contributed by atoms with Gasteiger partial charge < -0.3 is 14.5 Å². The first-order valence-corrected chi connectivity index (χ1v) is 11.9. The summed E-state index contributed by atoms with van der Waals surface area (Å²) in [7, 11) is 1.61. The first-order chi connectivity index (χ1) is 15.8. The number of nitrogens with zero attached hydrogens (tertiary/aromatic N) is 4. The fourth-order valence-corrected chi connectivity index (χ4v) is 4.41. The van der Waals surface area contributed by atoms with E-state index in [1.807, 2.05) is 11.0 Å². The number of amides is 1. The van der Waals surface area contributed by atoms with Crippen LogP contribution in [0.25, 0.3) is 11.1 Å². The van der Waals surface area contributed by atoms with Crippen LogP contribution in [0.3, 0.4) is 0 Å². The maximum Gasteiger partial charge on any atom is 0.225 e. The number of ether oxygens (including phenoxy) is 1. The Morgan fingerprint density at radius 2 is 1.88 bits per heavy atom. The highest BCUT2D eigenvalue weighted by atomic mass is 16.5. The summed E-state index contributed by atoms with van der Waals surface area (Å²) in [6.45, 7) is 13.1. The number of carbonyl (C=O) groups is 1. The molecule has 0 spiro atoms. The summed E-state index contributed by atoms with van der Waals surface area (Å²) in [6, 6.07) is 13.0. The van der Waals surface area contributed by atoms with Gasteiger partial charge in [0.05, 0.1) is 24.3 Å². The van der Waals surface area contributed by atoms with Gasteiger partial charge in [-0.25, -0.2) is 4.98 Å². The lowest BCUT2D eigenvalue weighted by atomic mass is 9.93. The highest BCUT2D eigenvalue weighted by molar-refractivity contribution is 5.77. The number of hydrogen-bond acceptors (Lipinski definition) is 5. The molecule has 0 radical (unpaired) electrons.